The van der Waals surface area contributed by atoms with Crippen molar-refractivity contribution < 1.29 is 19.2 Å². The molecule has 1 aromatic carbocycles. The monoisotopic (exact) mass is 276 g/mol. The second-order valence-electron chi connectivity index (χ2n) is 5.28. The maximum Gasteiger partial charge on any atom is 0.328 e. The van der Waals surface area contributed by atoms with E-state index in [0.29, 0.717) is 11.3 Å². The lowest BCUT2D eigenvalue weighted by Crippen LogP contribution is -2.50. The average Bonchev–Trinajstić information content (AvgIpc) is 2.71. The summed E-state index contributed by atoms with van der Waals surface area (Å²) < 4.78 is 5.14. The van der Waals surface area contributed by atoms with Crippen LogP contribution in [0.15, 0.2) is 22.7 Å². The van der Waals surface area contributed by atoms with Gasteiger partial charge in [-0.25, -0.2) is 4.79 Å². The highest BCUT2D eigenvalue weighted by Crippen LogP contribution is 2.20. The number of benzene rings is 1. The molecule has 0 radical (unpaired) electrons. The van der Waals surface area contributed by atoms with E-state index in [1.54, 1.807) is 6.07 Å². The third kappa shape index (κ3) is 2.79. The number of aryl methyl sites for hydroxylation is 1. The number of nitrogens with one attached hydrogen (secondary N) is 1. The van der Waals surface area contributed by atoms with Crippen LogP contribution >= 0.6 is 0 Å². The maximum absolute atomic E-state index is 11.9. The Bertz CT molecular complexity index is 673. The zero-order chi connectivity index (χ0) is 14.9. The van der Waals surface area contributed by atoms with Crippen molar-refractivity contribution in [2.24, 2.45) is 0 Å². The summed E-state index contributed by atoms with van der Waals surface area (Å²) in [6, 6.07) is 5.57. The van der Waals surface area contributed by atoms with Crippen LogP contribution in [0.25, 0.3) is 11.0 Å². The number of rotatable bonds is 4. The minimum absolute atomic E-state index is 0.0207. The Morgan fingerprint density at radius 1 is 1.40 bits per heavy atom. The van der Waals surface area contributed by atoms with E-state index < -0.39 is 17.4 Å². The Morgan fingerprint density at radius 2 is 2.10 bits per heavy atom. The molecule has 0 fully saturated rings. The zero-order valence-corrected chi connectivity index (χ0v) is 11.6. The molecule has 0 unspecified atom stereocenters. The Labute approximate surface area is 115 Å². The van der Waals surface area contributed by atoms with Crippen LogP contribution < -0.4 is 5.32 Å². The first-order chi connectivity index (χ1) is 9.29. The van der Waals surface area contributed by atoms with Gasteiger partial charge in [0.2, 0.25) is 5.91 Å². The van der Waals surface area contributed by atoms with Crippen molar-refractivity contribution in [3.05, 3.63) is 29.5 Å². The van der Waals surface area contributed by atoms with Gasteiger partial charge in [0.25, 0.3) is 0 Å². The van der Waals surface area contributed by atoms with Crippen molar-refractivity contribution >= 4 is 22.8 Å². The van der Waals surface area contributed by atoms with E-state index in [1.807, 2.05) is 19.1 Å². The topological polar surface area (TPSA) is 92.4 Å². The number of carbonyl (C=O) groups is 2. The second-order valence-corrected chi connectivity index (χ2v) is 5.28. The van der Waals surface area contributed by atoms with Crippen LogP contribution in [0.5, 0.6) is 0 Å². The molecule has 0 saturated heterocycles. The summed E-state index contributed by atoms with van der Waals surface area (Å²) >= 11 is 0. The van der Waals surface area contributed by atoms with Crippen LogP contribution in [0.1, 0.15) is 25.1 Å². The van der Waals surface area contributed by atoms with Gasteiger partial charge in [0.05, 0.1) is 6.42 Å². The van der Waals surface area contributed by atoms with Crippen LogP contribution in [0.2, 0.25) is 0 Å². The predicted molar refractivity (Wildman–Crippen MR) is 72.3 cm³/mol. The lowest BCUT2D eigenvalue weighted by atomic mass is 10.1. The molecule has 0 bridgehead atoms. The smallest absolute Gasteiger partial charge is 0.328 e. The molecule has 1 heterocycles. The van der Waals surface area contributed by atoms with Gasteiger partial charge in [0.1, 0.15) is 11.2 Å². The van der Waals surface area contributed by atoms with Gasteiger partial charge in [-0.1, -0.05) is 16.8 Å². The van der Waals surface area contributed by atoms with Gasteiger partial charge in [-0.15, -0.1) is 0 Å². The van der Waals surface area contributed by atoms with Crippen molar-refractivity contribution in [3.8, 4) is 0 Å². The first-order valence-corrected chi connectivity index (χ1v) is 6.19. The molecule has 1 aromatic heterocycles. The number of hydrogen-bond donors (Lipinski definition) is 2. The van der Waals surface area contributed by atoms with Crippen molar-refractivity contribution in [2.75, 3.05) is 0 Å². The van der Waals surface area contributed by atoms with E-state index in [4.69, 9.17) is 9.63 Å². The summed E-state index contributed by atoms with van der Waals surface area (Å²) in [5.74, 6) is -1.50. The predicted octanol–water partition coefficient (Wildman–Crippen LogP) is 1.66. The number of aliphatic carboxylic acids is 1. The van der Waals surface area contributed by atoms with E-state index in [0.717, 1.165) is 10.9 Å². The standard InChI is InChI=1S/C14H16N2O4/c1-8-4-5-11-9(6-8)10(16-20-11)7-12(17)15-14(2,3)13(18)19/h4-6H,7H2,1-3H3,(H,15,17)(H,18,19). The zero-order valence-electron chi connectivity index (χ0n) is 11.6. The number of nitrogens with zero attached hydrogens (tertiary/aromatic N) is 1. The molecule has 0 aliphatic carbocycles. The summed E-state index contributed by atoms with van der Waals surface area (Å²) in [5.41, 5.74) is 0.832. The van der Waals surface area contributed by atoms with Crippen LogP contribution in [0.3, 0.4) is 0 Å². The number of hydrogen-bond acceptors (Lipinski definition) is 4. The van der Waals surface area contributed by atoms with Crippen LogP contribution in [0.4, 0.5) is 0 Å². The summed E-state index contributed by atoms with van der Waals surface area (Å²) in [4.78, 5) is 22.9. The molecule has 0 saturated carbocycles. The SMILES string of the molecule is Cc1ccc2onc(CC(=O)NC(C)(C)C(=O)O)c2c1. The number of carboxylic acid groups (broad SMARTS) is 1. The molecule has 0 spiro atoms. The van der Waals surface area contributed by atoms with Crippen molar-refractivity contribution in [1.82, 2.24) is 10.5 Å². The van der Waals surface area contributed by atoms with Crippen molar-refractivity contribution in [2.45, 2.75) is 32.7 Å². The highest BCUT2D eigenvalue weighted by atomic mass is 16.5. The summed E-state index contributed by atoms with van der Waals surface area (Å²) in [5, 5.41) is 16.1. The van der Waals surface area contributed by atoms with E-state index in [9.17, 15) is 9.59 Å². The lowest BCUT2D eigenvalue weighted by Gasteiger charge is -2.20. The number of carbonyl (C=O) groups excluding carboxylic acids is 1. The molecule has 6 heteroatoms. The molecule has 0 atom stereocenters. The van der Waals surface area contributed by atoms with Gasteiger partial charge in [0, 0.05) is 5.39 Å². The first-order valence-electron chi connectivity index (χ1n) is 6.19. The number of carboxylic acids is 1. The second kappa shape index (κ2) is 4.96. The minimum atomic E-state index is -1.31. The maximum atomic E-state index is 11.9. The van der Waals surface area contributed by atoms with Gasteiger partial charge in [-0.05, 0) is 32.9 Å². The van der Waals surface area contributed by atoms with E-state index in [2.05, 4.69) is 10.5 Å². The van der Waals surface area contributed by atoms with Crippen LogP contribution in [-0.2, 0) is 16.0 Å². The molecular formula is C14H16N2O4. The van der Waals surface area contributed by atoms with Gasteiger partial charge in [0.15, 0.2) is 5.58 Å². The van der Waals surface area contributed by atoms with E-state index in [-0.39, 0.29) is 6.42 Å². The first kappa shape index (κ1) is 14.0. The number of aromatic nitrogens is 1. The lowest BCUT2D eigenvalue weighted by molar-refractivity contribution is -0.145. The fourth-order valence-electron chi connectivity index (χ4n) is 1.83. The Kier molecular flexibility index (Phi) is 3.48. The Hall–Kier alpha value is -2.37. The summed E-state index contributed by atoms with van der Waals surface area (Å²) in [6.07, 6.45) is -0.0207. The molecule has 2 N–H and O–H groups in total. The molecule has 6 nitrogen and oxygen atoms in total. The molecule has 20 heavy (non-hydrogen) atoms. The summed E-state index contributed by atoms with van der Waals surface area (Å²) in [7, 11) is 0. The number of amides is 1. The fourth-order valence-corrected chi connectivity index (χ4v) is 1.83. The Morgan fingerprint density at radius 3 is 2.75 bits per heavy atom. The quantitative estimate of drug-likeness (QED) is 0.886. The normalized spacial score (nSPS) is 11.6. The van der Waals surface area contributed by atoms with E-state index in [1.165, 1.54) is 13.8 Å². The molecule has 1 amide bonds. The molecule has 2 aromatic rings. The van der Waals surface area contributed by atoms with Crippen molar-refractivity contribution in [1.29, 1.82) is 0 Å². The van der Waals surface area contributed by atoms with Gasteiger partial charge >= 0.3 is 5.97 Å². The third-order valence-electron chi connectivity index (χ3n) is 3.01. The summed E-state index contributed by atoms with van der Waals surface area (Å²) in [6.45, 7) is 4.79. The third-order valence-corrected chi connectivity index (χ3v) is 3.01. The molecular weight excluding hydrogens is 260 g/mol. The Balaban J connectivity index is 2.18. The van der Waals surface area contributed by atoms with Crippen molar-refractivity contribution in [3.63, 3.8) is 0 Å². The number of fused-ring (bicyclic) bond motifs is 1. The fraction of sp³-hybridized carbons (Fsp3) is 0.357. The van der Waals surface area contributed by atoms with Crippen LogP contribution in [0, 0.1) is 6.92 Å². The van der Waals surface area contributed by atoms with Crippen LogP contribution in [-0.4, -0.2) is 27.7 Å². The average molecular weight is 276 g/mol. The minimum Gasteiger partial charge on any atom is -0.480 e. The molecule has 0 aliphatic rings. The largest absolute Gasteiger partial charge is 0.480 e. The molecule has 2 rings (SSSR count). The van der Waals surface area contributed by atoms with E-state index >= 15 is 0 Å². The molecule has 106 valence electrons. The molecule has 0 aliphatic heterocycles. The van der Waals surface area contributed by atoms with Gasteiger partial charge in [-0.3, -0.25) is 4.79 Å². The van der Waals surface area contributed by atoms with Gasteiger partial charge in [-0.2, -0.15) is 0 Å². The highest BCUT2D eigenvalue weighted by molar-refractivity contribution is 5.90. The highest BCUT2D eigenvalue weighted by Gasteiger charge is 2.29. The van der Waals surface area contributed by atoms with Gasteiger partial charge < -0.3 is 14.9 Å².